The molecule has 0 radical (unpaired) electrons. The number of aryl methyl sites for hydroxylation is 3. The molecule has 5 nitrogen and oxygen atoms in total. The van der Waals surface area contributed by atoms with E-state index in [1.807, 2.05) is 32.9 Å². The van der Waals surface area contributed by atoms with Gasteiger partial charge in [0.2, 0.25) is 5.91 Å². The molecule has 1 heterocycles. The third-order valence-corrected chi connectivity index (χ3v) is 3.16. The second-order valence-electron chi connectivity index (χ2n) is 4.93. The molecule has 110 valence electrons. The number of nitrogens with one attached hydrogen (secondary N) is 2. The van der Waals surface area contributed by atoms with Gasteiger partial charge in [0, 0.05) is 17.8 Å². The largest absolute Gasteiger partial charge is 0.497 e. The van der Waals surface area contributed by atoms with Gasteiger partial charge in [-0.25, -0.2) is 0 Å². The predicted octanol–water partition coefficient (Wildman–Crippen LogP) is 3.00. The molecule has 2 rings (SSSR count). The van der Waals surface area contributed by atoms with Crippen LogP contribution >= 0.6 is 0 Å². The number of anilines is 1. The Labute approximate surface area is 124 Å². The zero-order valence-corrected chi connectivity index (χ0v) is 12.7. The van der Waals surface area contributed by atoms with E-state index in [1.54, 1.807) is 19.3 Å². The van der Waals surface area contributed by atoms with E-state index in [-0.39, 0.29) is 5.91 Å². The van der Waals surface area contributed by atoms with Gasteiger partial charge in [0.1, 0.15) is 5.75 Å². The maximum Gasteiger partial charge on any atom is 0.249 e. The summed E-state index contributed by atoms with van der Waals surface area (Å²) in [5.41, 5.74) is 4.04. The highest BCUT2D eigenvalue weighted by molar-refractivity contribution is 6.01. The van der Waals surface area contributed by atoms with Gasteiger partial charge in [-0.1, -0.05) is 0 Å². The summed E-state index contributed by atoms with van der Waals surface area (Å²) >= 11 is 0. The lowest BCUT2D eigenvalue weighted by Gasteiger charge is -2.08. The zero-order chi connectivity index (χ0) is 15.4. The van der Waals surface area contributed by atoms with Crippen LogP contribution in [0.5, 0.6) is 5.75 Å². The van der Waals surface area contributed by atoms with E-state index < -0.39 is 0 Å². The number of hydrogen-bond donors (Lipinski definition) is 2. The summed E-state index contributed by atoms with van der Waals surface area (Å²) in [5.74, 6) is 1.13. The number of ether oxygens (including phenoxy) is 1. The van der Waals surface area contributed by atoms with Crippen molar-refractivity contribution in [3.05, 3.63) is 46.7 Å². The van der Waals surface area contributed by atoms with Crippen molar-refractivity contribution in [2.75, 3.05) is 12.4 Å². The summed E-state index contributed by atoms with van der Waals surface area (Å²) in [6.07, 6.45) is 3.31. The fourth-order valence-electron chi connectivity index (χ4n) is 2.12. The number of carbonyl (C=O) groups excluding carboxylic acids is 1. The van der Waals surface area contributed by atoms with Crippen LogP contribution in [0, 0.1) is 20.8 Å². The topological polar surface area (TPSA) is 67.0 Å². The SMILES string of the molecule is COc1cc(C)c(/C=C/C(=O)Nc2cc(C)[nH]n2)c(C)c1. The molecule has 0 spiro atoms. The first kappa shape index (κ1) is 14.8. The molecule has 0 atom stereocenters. The second kappa shape index (κ2) is 6.26. The number of benzene rings is 1. The molecule has 5 heteroatoms. The fraction of sp³-hybridized carbons (Fsp3) is 0.250. The summed E-state index contributed by atoms with van der Waals surface area (Å²) in [5, 5.41) is 9.44. The Morgan fingerprint density at radius 1 is 1.24 bits per heavy atom. The minimum atomic E-state index is -0.212. The van der Waals surface area contributed by atoms with Crippen LogP contribution in [0.2, 0.25) is 0 Å². The zero-order valence-electron chi connectivity index (χ0n) is 12.7. The average molecular weight is 285 g/mol. The molecule has 21 heavy (non-hydrogen) atoms. The molecule has 2 aromatic rings. The van der Waals surface area contributed by atoms with E-state index >= 15 is 0 Å². The van der Waals surface area contributed by atoms with Gasteiger partial charge in [-0.15, -0.1) is 0 Å². The average Bonchev–Trinajstić information content (AvgIpc) is 2.82. The monoisotopic (exact) mass is 285 g/mol. The van der Waals surface area contributed by atoms with Crippen molar-refractivity contribution in [3.63, 3.8) is 0 Å². The van der Waals surface area contributed by atoms with Gasteiger partial charge in [-0.2, -0.15) is 5.10 Å². The number of carbonyl (C=O) groups is 1. The van der Waals surface area contributed by atoms with Gasteiger partial charge in [0.05, 0.1) is 7.11 Å². The Kier molecular flexibility index (Phi) is 4.42. The van der Waals surface area contributed by atoms with E-state index in [4.69, 9.17) is 4.74 Å². The van der Waals surface area contributed by atoms with E-state index in [9.17, 15) is 4.79 Å². The molecule has 0 fully saturated rings. The van der Waals surface area contributed by atoms with Crippen molar-refractivity contribution in [2.24, 2.45) is 0 Å². The molecule has 0 unspecified atom stereocenters. The Morgan fingerprint density at radius 2 is 1.90 bits per heavy atom. The lowest BCUT2D eigenvalue weighted by molar-refractivity contribution is -0.111. The molecule has 0 saturated carbocycles. The van der Waals surface area contributed by atoms with Crippen molar-refractivity contribution in [2.45, 2.75) is 20.8 Å². The number of H-pyrrole nitrogens is 1. The van der Waals surface area contributed by atoms with Crippen LogP contribution in [0.25, 0.3) is 6.08 Å². The summed E-state index contributed by atoms with van der Waals surface area (Å²) in [6.45, 7) is 5.86. The Morgan fingerprint density at radius 3 is 2.43 bits per heavy atom. The number of nitrogens with zero attached hydrogens (tertiary/aromatic N) is 1. The van der Waals surface area contributed by atoms with Gasteiger partial charge in [0.15, 0.2) is 5.82 Å². The molecule has 2 N–H and O–H groups in total. The Hall–Kier alpha value is -2.56. The molecular formula is C16H19N3O2. The van der Waals surface area contributed by atoms with Gasteiger partial charge in [0.25, 0.3) is 0 Å². The highest BCUT2D eigenvalue weighted by Crippen LogP contribution is 2.22. The minimum Gasteiger partial charge on any atom is -0.497 e. The summed E-state index contributed by atoms with van der Waals surface area (Å²) < 4.78 is 5.22. The summed E-state index contributed by atoms with van der Waals surface area (Å²) in [4.78, 5) is 11.9. The van der Waals surface area contributed by atoms with Crippen LogP contribution in [0.15, 0.2) is 24.3 Å². The van der Waals surface area contributed by atoms with Crippen molar-refractivity contribution in [1.29, 1.82) is 0 Å². The van der Waals surface area contributed by atoms with Crippen LogP contribution in [-0.4, -0.2) is 23.2 Å². The van der Waals surface area contributed by atoms with Gasteiger partial charge in [-0.3, -0.25) is 9.89 Å². The third kappa shape index (κ3) is 3.72. The maximum atomic E-state index is 11.9. The lowest BCUT2D eigenvalue weighted by Crippen LogP contribution is -2.08. The Bertz CT molecular complexity index is 664. The molecule has 0 aliphatic carbocycles. The number of amides is 1. The maximum absolute atomic E-state index is 11.9. The number of methoxy groups -OCH3 is 1. The molecule has 0 aliphatic heterocycles. The predicted molar refractivity (Wildman–Crippen MR) is 83.5 cm³/mol. The number of hydrogen-bond acceptors (Lipinski definition) is 3. The standard InChI is InChI=1S/C16H19N3O2/c1-10-7-13(21-4)8-11(2)14(10)5-6-16(20)17-15-9-12(3)18-19-15/h5-9H,1-4H3,(H2,17,18,19,20)/b6-5+. The van der Waals surface area contributed by atoms with Crippen LogP contribution in [-0.2, 0) is 4.79 Å². The second-order valence-corrected chi connectivity index (χ2v) is 4.93. The lowest BCUT2D eigenvalue weighted by atomic mass is 10.0. The third-order valence-electron chi connectivity index (χ3n) is 3.16. The first-order chi connectivity index (χ1) is 9.99. The van der Waals surface area contributed by atoms with Crippen molar-refractivity contribution >= 4 is 17.8 Å². The van der Waals surface area contributed by atoms with Crippen LogP contribution in [0.3, 0.4) is 0 Å². The van der Waals surface area contributed by atoms with E-state index in [0.717, 1.165) is 28.1 Å². The fourth-order valence-corrected chi connectivity index (χ4v) is 2.12. The van der Waals surface area contributed by atoms with Gasteiger partial charge < -0.3 is 10.1 Å². The van der Waals surface area contributed by atoms with Crippen molar-refractivity contribution in [1.82, 2.24) is 10.2 Å². The highest BCUT2D eigenvalue weighted by Gasteiger charge is 2.05. The van der Waals surface area contributed by atoms with Crippen LogP contribution in [0.1, 0.15) is 22.4 Å². The van der Waals surface area contributed by atoms with Gasteiger partial charge >= 0.3 is 0 Å². The molecule has 1 aromatic carbocycles. The van der Waals surface area contributed by atoms with Crippen molar-refractivity contribution in [3.8, 4) is 5.75 Å². The van der Waals surface area contributed by atoms with Gasteiger partial charge in [-0.05, 0) is 55.7 Å². The molecule has 0 saturated heterocycles. The van der Waals surface area contributed by atoms with Crippen LogP contribution < -0.4 is 10.1 Å². The van der Waals surface area contributed by atoms with E-state index in [0.29, 0.717) is 5.82 Å². The van der Waals surface area contributed by atoms with Crippen LogP contribution in [0.4, 0.5) is 5.82 Å². The summed E-state index contributed by atoms with van der Waals surface area (Å²) in [6, 6.07) is 5.67. The number of aromatic nitrogens is 2. The summed E-state index contributed by atoms with van der Waals surface area (Å²) in [7, 11) is 1.64. The van der Waals surface area contributed by atoms with E-state index in [1.165, 1.54) is 6.08 Å². The van der Waals surface area contributed by atoms with E-state index in [2.05, 4.69) is 15.5 Å². The normalized spacial score (nSPS) is 10.9. The highest BCUT2D eigenvalue weighted by atomic mass is 16.5. The molecule has 1 aromatic heterocycles. The first-order valence-corrected chi connectivity index (χ1v) is 6.66. The number of aromatic amines is 1. The smallest absolute Gasteiger partial charge is 0.249 e. The van der Waals surface area contributed by atoms with Crippen molar-refractivity contribution < 1.29 is 9.53 Å². The molecule has 0 aliphatic rings. The molecular weight excluding hydrogens is 266 g/mol. The molecule has 1 amide bonds. The molecule has 0 bridgehead atoms. The Balaban J connectivity index is 2.12. The first-order valence-electron chi connectivity index (χ1n) is 6.66. The quantitative estimate of drug-likeness (QED) is 0.849. The minimum absolute atomic E-state index is 0.212. The number of rotatable bonds is 4.